The lowest BCUT2D eigenvalue weighted by molar-refractivity contribution is 0.1000. The number of fused-ring (bicyclic) bond motifs is 1. The average Bonchev–Trinajstić information content (AvgIpc) is 3.11. The highest BCUT2D eigenvalue weighted by molar-refractivity contribution is 7.92. The second-order valence-electron chi connectivity index (χ2n) is 8.34. The van der Waals surface area contributed by atoms with E-state index in [9.17, 15) is 18.0 Å². The molecule has 1 aliphatic rings. The SMILES string of the molecule is Cc1ccc(S(=O)(=O)Nc2ccccc2C(=O)Nc2sc3c(c2C(N)=O)C[C@@H](C)CC3)cc1. The van der Waals surface area contributed by atoms with Crippen LogP contribution in [0.1, 0.15) is 50.1 Å². The summed E-state index contributed by atoms with van der Waals surface area (Å²) in [7, 11) is -3.89. The summed E-state index contributed by atoms with van der Waals surface area (Å²) in [6.07, 6.45) is 2.60. The maximum absolute atomic E-state index is 13.2. The van der Waals surface area contributed by atoms with Crippen molar-refractivity contribution < 1.29 is 18.0 Å². The van der Waals surface area contributed by atoms with Gasteiger partial charge in [0.05, 0.1) is 21.7 Å². The highest BCUT2D eigenvalue weighted by atomic mass is 32.2. The summed E-state index contributed by atoms with van der Waals surface area (Å²) >= 11 is 1.36. The van der Waals surface area contributed by atoms with Crippen LogP contribution >= 0.6 is 11.3 Å². The molecule has 0 spiro atoms. The van der Waals surface area contributed by atoms with Gasteiger partial charge in [-0.2, -0.15) is 0 Å². The van der Waals surface area contributed by atoms with Crippen molar-refractivity contribution in [3.05, 3.63) is 75.7 Å². The highest BCUT2D eigenvalue weighted by Gasteiger charge is 2.28. The van der Waals surface area contributed by atoms with Gasteiger partial charge in [-0.15, -0.1) is 11.3 Å². The molecular formula is C24H25N3O4S2. The third-order valence-electron chi connectivity index (χ3n) is 5.73. The molecule has 0 unspecified atom stereocenters. The molecule has 0 saturated carbocycles. The summed E-state index contributed by atoms with van der Waals surface area (Å²) < 4.78 is 28.2. The van der Waals surface area contributed by atoms with E-state index in [0.717, 1.165) is 35.3 Å². The van der Waals surface area contributed by atoms with E-state index < -0.39 is 21.8 Å². The molecule has 4 N–H and O–H groups in total. The first-order valence-corrected chi connectivity index (χ1v) is 12.9. The molecule has 1 aromatic heterocycles. The van der Waals surface area contributed by atoms with Crippen molar-refractivity contribution in [2.45, 2.75) is 38.0 Å². The monoisotopic (exact) mass is 483 g/mol. The van der Waals surface area contributed by atoms with E-state index in [0.29, 0.717) is 16.5 Å². The molecule has 172 valence electrons. The standard InChI is InChI=1S/C24H25N3O4S2/c1-14-7-10-16(11-8-14)33(30,31)27-19-6-4-3-5-17(19)23(29)26-24-21(22(25)28)18-13-15(2)9-12-20(18)32-24/h3-8,10-11,15,27H,9,12-13H2,1-2H3,(H2,25,28)(H,26,29)/t15-/m0/s1. The van der Waals surface area contributed by atoms with Crippen molar-refractivity contribution in [3.63, 3.8) is 0 Å². The molecule has 9 heteroatoms. The van der Waals surface area contributed by atoms with Gasteiger partial charge in [-0.25, -0.2) is 8.42 Å². The summed E-state index contributed by atoms with van der Waals surface area (Å²) in [5, 5.41) is 3.20. The number of anilines is 2. The minimum atomic E-state index is -3.89. The largest absolute Gasteiger partial charge is 0.365 e. The Kier molecular flexibility index (Phi) is 6.27. The molecule has 0 bridgehead atoms. The van der Waals surface area contributed by atoms with Crippen molar-refractivity contribution in [3.8, 4) is 0 Å². The van der Waals surface area contributed by atoms with Crippen molar-refractivity contribution in [2.75, 3.05) is 10.0 Å². The van der Waals surface area contributed by atoms with E-state index in [1.54, 1.807) is 24.3 Å². The number of para-hydroxylation sites is 1. The number of aryl methyl sites for hydroxylation is 2. The number of hydrogen-bond acceptors (Lipinski definition) is 5. The van der Waals surface area contributed by atoms with Gasteiger partial charge < -0.3 is 11.1 Å². The van der Waals surface area contributed by atoms with Crippen LogP contribution in [0.25, 0.3) is 0 Å². The molecule has 2 amide bonds. The number of primary amides is 1. The van der Waals surface area contributed by atoms with Crippen LogP contribution in [0.4, 0.5) is 10.7 Å². The lowest BCUT2D eigenvalue weighted by Gasteiger charge is -2.18. The molecule has 2 aromatic carbocycles. The number of hydrogen-bond donors (Lipinski definition) is 3. The van der Waals surface area contributed by atoms with E-state index in [2.05, 4.69) is 17.0 Å². The second-order valence-corrected chi connectivity index (χ2v) is 11.1. The number of sulfonamides is 1. The summed E-state index contributed by atoms with van der Waals surface area (Å²) in [4.78, 5) is 26.5. The Morgan fingerprint density at radius 1 is 1.09 bits per heavy atom. The third kappa shape index (κ3) is 4.79. The number of amides is 2. The van der Waals surface area contributed by atoms with E-state index in [1.165, 1.54) is 35.6 Å². The summed E-state index contributed by atoms with van der Waals surface area (Å²) in [6, 6.07) is 12.8. The lowest BCUT2D eigenvalue weighted by atomic mass is 9.87. The zero-order valence-electron chi connectivity index (χ0n) is 18.3. The number of benzene rings is 2. The van der Waals surface area contributed by atoms with Crippen molar-refractivity contribution >= 4 is 43.9 Å². The van der Waals surface area contributed by atoms with Gasteiger partial charge in [0, 0.05) is 4.88 Å². The van der Waals surface area contributed by atoms with Gasteiger partial charge >= 0.3 is 0 Å². The second kappa shape index (κ2) is 8.99. The van der Waals surface area contributed by atoms with Crippen LogP contribution in [0.15, 0.2) is 53.4 Å². The van der Waals surface area contributed by atoms with Crippen molar-refractivity contribution in [1.82, 2.24) is 0 Å². The Bertz CT molecular complexity index is 1330. The lowest BCUT2D eigenvalue weighted by Crippen LogP contribution is -2.21. The van der Waals surface area contributed by atoms with E-state index >= 15 is 0 Å². The van der Waals surface area contributed by atoms with Crippen LogP contribution in [0, 0.1) is 12.8 Å². The van der Waals surface area contributed by atoms with Gasteiger partial charge in [-0.05, 0) is 61.9 Å². The van der Waals surface area contributed by atoms with Crippen LogP contribution < -0.4 is 15.8 Å². The minimum absolute atomic E-state index is 0.0966. The van der Waals surface area contributed by atoms with Crippen LogP contribution in [-0.4, -0.2) is 20.2 Å². The summed E-state index contributed by atoms with van der Waals surface area (Å²) in [5.41, 5.74) is 8.15. The molecule has 0 aliphatic heterocycles. The maximum Gasteiger partial charge on any atom is 0.261 e. The van der Waals surface area contributed by atoms with Crippen molar-refractivity contribution in [2.24, 2.45) is 11.7 Å². The number of thiophene rings is 1. The first-order chi connectivity index (χ1) is 15.7. The van der Waals surface area contributed by atoms with Crippen LogP contribution in [0.5, 0.6) is 0 Å². The van der Waals surface area contributed by atoms with Crippen LogP contribution in [0.2, 0.25) is 0 Å². The molecule has 1 heterocycles. The molecule has 1 atom stereocenters. The van der Waals surface area contributed by atoms with Gasteiger partial charge in [0.15, 0.2) is 0 Å². The maximum atomic E-state index is 13.2. The molecule has 0 saturated heterocycles. The Balaban J connectivity index is 1.64. The molecule has 0 radical (unpaired) electrons. The fraction of sp³-hybridized carbons (Fsp3) is 0.250. The first kappa shape index (κ1) is 23.0. The molecule has 4 rings (SSSR count). The Morgan fingerprint density at radius 2 is 1.79 bits per heavy atom. The first-order valence-electron chi connectivity index (χ1n) is 10.6. The Hall–Kier alpha value is -3.17. The molecule has 7 nitrogen and oxygen atoms in total. The van der Waals surface area contributed by atoms with Gasteiger partial charge in [0.25, 0.3) is 21.8 Å². The van der Waals surface area contributed by atoms with Crippen LogP contribution in [0.3, 0.4) is 0 Å². The highest BCUT2D eigenvalue weighted by Crippen LogP contribution is 2.39. The average molecular weight is 484 g/mol. The van der Waals surface area contributed by atoms with E-state index in [-0.39, 0.29) is 16.1 Å². The van der Waals surface area contributed by atoms with Crippen LogP contribution in [-0.2, 0) is 22.9 Å². The van der Waals surface area contributed by atoms with Gasteiger partial charge in [-0.3, -0.25) is 14.3 Å². The van der Waals surface area contributed by atoms with Gasteiger partial charge in [0.2, 0.25) is 0 Å². The molecular weight excluding hydrogens is 458 g/mol. The summed E-state index contributed by atoms with van der Waals surface area (Å²) in [5.74, 6) is -0.665. The quantitative estimate of drug-likeness (QED) is 0.483. The van der Waals surface area contributed by atoms with E-state index in [4.69, 9.17) is 5.73 Å². The number of rotatable bonds is 6. The topological polar surface area (TPSA) is 118 Å². The molecule has 0 fully saturated rings. The van der Waals surface area contributed by atoms with Gasteiger partial charge in [0.1, 0.15) is 5.00 Å². The molecule has 1 aliphatic carbocycles. The Morgan fingerprint density at radius 3 is 2.48 bits per heavy atom. The third-order valence-corrected chi connectivity index (χ3v) is 8.32. The zero-order valence-corrected chi connectivity index (χ0v) is 20.0. The minimum Gasteiger partial charge on any atom is -0.365 e. The Labute approximate surface area is 197 Å². The number of nitrogens with one attached hydrogen (secondary N) is 2. The number of carbonyl (C=O) groups excluding carboxylic acids is 2. The fourth-order valence-corrected chi connectivity index (χ4v) is 6.29. The molecule has 3 aromatic rings. The predicted molar refractivity (Wildman–Crippen MR) is 130 cm³/mol. The summed E-state index contributed by atoms with van der Waals surface area (Å²) in [6.45, 7) is 3.99. The number of carbonyl (C=O) groups is 2. The normalized spacial score (nSPS) is 15.5. The number of nitrogens with two attached hydrogens (primary N) is 1. The predicted octanol–water partition coefficient (Wildman–Crippen LogP) is 4.33. The smallest absolute Gasteiger partial charge is 0.261 e. The van der Waals surface area contributed by atoms with E-state index in [1.807, 2.05) is 6.92 Å². The fourth-order valence-electron chi connectivity index (χ4n) is 3.97. The van der Waals surface area contributed by atoms with Crippen molar-refractivity contribution in [1.29, 1.82) is 0 Å². The van der Waals surface area contributed by atoms with Gasteiger partial charge in [-0.1, -0.05) is 36.8 Å². The zero-order chi connectivity index (χ0) is 23.8. The molecule has 33 heavy (non-hydrogen) atoms.